The molecule has 0 saturated carbocycles. The molecule has 4 rings (SSSR count). The van der Waals surface area contributed by atoms with Gasteiger partial charge < -0.3 is 9.97 Å². The summed E-state index contributed by atoms with van der Waals surface area (Å²) in [6.07, 6.45) is 0. The van der Waals surface area contributed by atoms with Crippen LogP contribution in [0.1, 0.15) is 11.4 Å². The average Bonchev–Trinajstić information content (AvgIpc) is 2.89. The first kappa shape index (κ1) is 9.77. The SMILES string of the molecule is Cc1cc2c(ccc3c4cc(C)[nH]c4ccc23)[nH]1. The van der Waals surface area contributed by atoms with Crippen LogP contribution in [-0.4, -0.2) is 9.97 Å². The Hall–Kier alpha value is -2.22. The van der Waals surface area contributed by atoms with E-state index in [2.05, 4.69) is 60.2 Å². The van der Waals surface area contributed by atoms with Gasteiger partial charge in [-0.25, -0.2) is 0 Å². The second kappa shape index (κ2) is 3.16. The van der Waals surface area contributed by atoms with Gasteiger partial charge in [-0.15, -0.1) is 0 Å². The molecule has 88 valence electrons. The number of aromatic nitrogens is 2. The predicted molar refractivity (Wildman–Crippen MR) is 77.1 cm³/mol. The smallest absolute Gasteiger partial charge is 0.0462 e. The highest BCUT2D eigenvalue weighted by molar-refractivity contribution is 6.16. The summed E-state index contributed by atoms with van der Waals surface area (Å²) < 4.78 is 0. The van der Waals surface area contributed by atoms with Crippen molar-refractivity contribution in [3.8, 4) is 0 Å². The third-order valence-corrected chi connectivity index (χ3v) is 3.67. The van der Waals surface area contributed by atoms with Gasteiger partial charge in [0.25, 0.3) is 0 Å². The molecule has 0 aliphatic carbocycles. The van der Waals surface area contributed by atoms with Gasteiger partial charge in [0, 0.05) is 33.2 Å². The molecule has 0 amide bonds. The molecule has 2 nitrogen and oxygen atoms in total. The monoisotopic (exact) mass is 234 g/mol. The van der Waals surface area contributed by atoms with Gasteiger partial charge in [0.1, 0.15) is 0 Å². The maximum Gasteiger partial charge on any atom is 0.0462 e. The average molecular weight is 234 g/mol. The summed E-state index contributed by atoms with van der Waals surface area (Å²) in [6, 6.07) is 13.2. The Bertz CT molecular complexity index is 818. The van der Waals surface area contributed by atoms with Crippen LogP contribution >= 0.6 is 0 Å². The lowest BCUT2D eigenvalue weighted by Crippen LogP contribution is -1.76. The molecule has 0 radical (unpaired) electrons. The summed E-state index contributed by atoms with van der Waals surface area (Å²) in [7, 11) is 0. The molecule has 4 aromatic rings. The maximum atomic E-state index is 3.40. The van der Waals surface area contributed by atoms with E-state index in [0.717, 1.165) is 0 Å². The molecule has 2 N–H and O–H groups in total. The minimum atomic E-state index is 1.21. The van der Waals surface area contributed by atoms with Crippen molar-refractivity contribution in [2.75, 3.05) is 0 Å². The van der Waals surface area contributed by atoms with E-state index >= 15 is 0 Å². The van der Waals surface area contributed by atoms with Crippen molar-refractivity contribution in [1.82, 2.24) is 9.97 Å². The number of aromatic amines is 2. The first-order valence-corrected chi connectivity index (χ1v) is 6.23. The summed E-state index contributed by atoms with van der Waals surface area (Å²) in [5, 5.41) is 5.27. The van der Waals surface area contributed by atoms with Crippen molar-refractivity contribution in [2.45, 2.75) is 13.8 Å². The summed E-state index contributed by atoms with van der Waals surface area (Å²) in [4.78, 5) is 6.79. The minimum absolute atomic E-state index is 1.21. The second-order valence-corrected chi connectivity index (χ2v) is 5.05. The fraction of sp³-hybridized carbons (Fsp3) is 0.125. The zero-order valence-corrected chi connectivity index (χ0v) is 10.5. The molecule has 2 aromatic heterocycles. The number of H-pyrrole nitrogens is 2. The molecule has 2 heterocycles. The highest BCUT2D eigenvalue weighted by atomic mass is 14.7. The number of benzene rings is 2. The topological polar surface area (TPSA) is 31.6 Å². The number of rotatable bonds is 0. The van der Waals surface area contributed by atoms with Crippen LogP contribution in [0.3, 0.4) is 0 Å². The van der Waals surface area contributed by atoms with E-state index in [1.165, 1.54) is 44.0 Å². The highest BCUT2D eigenvalue weighted by Crippen LogP contribution is 2.31. The molecule has 0 unspecified atom stereocenters. The van der Waals surface area contributed by atoms with Crippen molar-refractivity contribution in [3.63, 3.8) is 0 Å². The molecule has 0 aliphatic rings. The summed E-state index contributed by atoms with van der Waals surface area (Å²) >= 11 is 0. The quantitative estimate of drug-likeness (QED) is 0.451. The van der Waals surface area contributed by atoms with Crippen molar-refractivity contribution < 1.29 is 0 Å². The van der Waals surface area contributed by atoms with Crippen LogP contribution in [0.5, 0.6) is 0 Å². The molecule has 18 heavy (non-hydrogen) atoms. The van der Waals surface area contributed by atoms with Crippen LogP contribution in [-0.2, 0) is 0 Å². The van der Waals surface area contributed by atoms with Crippen molar-refractivity contribution in [2.24, 2.45) is 0 Å². The van der Waals surface area contributed by atoms with Gasteiger partial charge in [0.05, 0.1) is 0 Å². The largest absolute Gasteiger partial charge is 0.359 e. The summed E-state index contributed by atoms with van der Waals surface area (Å²) in [5.74, 6) is 0. The Labute approximate surface area is 105 Å². The Balaban J connectivity index is 2.29. The van der Waals surface area contributed by atoms with Crippen LogP contribution in [0.15, 0.2) is 36.4 Å². The van der Waals surface area contributed by atoms with Gasteiger partial charge in [-0.3, -0.25) is 0 Å². The van der Waals surface area contributed by atoms with Crippen molar-refractivity contribution in [1.29, 1.82) is 0 Å². The molecule has 0 bridgehead atoms. The van der Waals surface area contributed by atoms with E-state index in [1.807, 2.05) is 0 Å². The van der Waals surface area contributed by atoms with Crippen LogP contribution in [0, 0.1) is 13.8 Å². The Morgan fingerprint density at radius 2 is 1.06 bits per heavy atom. The van der Waals surface area contributed by atoms with E-state index in [9.17, 15) is 0 Å². The second-order valence-electron chi connectivity index (χ2n) is 5.05. The molecule has 0 aliphatic heterocycles. The fourth-order valence-electron chi connectivity index (χ4n) is 2.91. The van der Waals surface area contributed by atoms with Gasteiger partial charge in [-0.05, 0) is 48.9 Å². The van der Waals surface area contributed by atoms with Crippen molar-refractivity contribution in [3.05, 3.63) is 47.8 Å². The first-order chi connectivity index (χ1) is 8.72. The predicted octanol–water partition coefficient (Wildman–Crippen LogP) is 4.42. The van der Waals surface area contributed by atoms with Gasteiger partial charge in [0.2, 0.25) is 0 Å². The Morgan fingerprint density at radius 1 is 0.611 bits per heavy atom. The Morgan fingerprint density at radius 3 is 1.50 bits per heavy atom. The van der Waals surface area contributed by atoms with Crippen LogP contribution < -0.4 is 0 Å². The fourth-order valence-corrected chi connectivity index (χ4v) is 2.91. The van der Waals surface area contributed by atoms with Crippen LogP contribution in [0.4, 0.5) is 0 Å². The number of aryl methyl sites for hydroxylation is 2. The number of nitrogens with one attached hydrogen (secondary N) is 2. The molecule has 0 atom stereocenters. The third-order valence-electron chi connectivity index (χ3n) is 3.67. The molecule has 2 aromatic carbocycles. The van der Waals surface area contributed by atoms with Gasteiger partial charge in [0.15, 0.2) is 0 Å². The number of hydrogen-bond acceptors (Lipinski definition) is 0. The molecular weight excluding hydrogens is 220 g/mol. The molecule has 2 heteroatoms. The van der Waals surface area contributed by atoms with Gasteiger partial charge >= 0.3 is 0 Å². The summed E-state index contributed by atoms with van der Waals surface area (Å²) in [6.45, 7) is 4.20. The zero-order chi connectivity index (χ0) is 12.3. The van der Waals surface area contributed by atoms with E-state index in [1.54, 1.807) is 0 Å². The van der Waals surface area contributed by atoms with E-state index < -0.39 is 0 Å². The van der Waals surface area contributed by atoms with Gasteiger partial charge in [-0.1, -0.05) is 12.1 Å². The lowest BCUT2D eigenvalue weighted by molar-refractivity contribution is 1.30. The first-order valence-electron chi connectivity index (χ1n) is 6.23. The standard InChI is InChI=1S/C16H14N2/c1-9-7-13-11-4-6-16-14(8-10(2)18-16)12(11)3-5-15(13)17-9/h3-8,17-18H,1-2H3. The molecular formula is C16H14N2. The normalized spacial score (nSPS) is 11.9. The lowest BCUT2D eigenvalue weighted by atomic mass is 10.0. The van der Waals surface area contributed by atoms with E-state index in [-0.39, 0.29) is 0 Å². The van der Waals surface area contributed by atoms with Gasteiger partial charge in [-0.2, -0.15) is 0 Å². The molecule has 0 saturated heterocycles. The number of hydrogen-bond donors (Lipinski definition) is 2. The molecule has 0 fully saturated rings. The van der Waals surface area contributed by atoms with Crippen molar-refractivity contribution >= 4 is 32.6 Å². The maximum absolute atomic E-state index is 3.40. The van der Waals surface area contributed by atoms with E-state index in [0.29, 0.717) is 0 Å². The minimum Gasteiger partial charge on any atom is -0.359 e. The molecule has 0 spiro atoms. The summed E-state index contributed by atoms with van der Waals surface area (Å²) in [5.41, 5.74) is 4.85. The number of fused-ring (bicyclic) bond motifs is 5. The van der Waals surface area contributed by atoms with Crippen LogP contribution in [0.2, 0.25) is 0 Å². The third kappa shape index (κ3) is 1.17. The van der Waals surface area contributed by atoms with Crippen LogP contribution in [0.25, 0.3) is 32.6 Å². The lowest BCUT2D eigenvalue weighted by Gasteiger charge is -2.01. The zero-order valence-electron chi connectivity index (χ0n) is 10.5. The highest BCUT2D eigenvalue weighted by Gasteiger charge is 2.07. The van der Waals surface area contributed by atoms with E-state index in [4.69, 9.17) is 0 Å². The Kier molecular flexibility index (Phi) is 1.72.